The van der Waals surface area contributed by atoms with E-state index >= 15 is 0 Å². The van der Waals surface area contributed by atoms with E-state index in [1.807, 2.05) is 22.9 Å². The Kier molecular flexibility index (Phi) is 2.36. The highest BCUT2D eigenvalue weighted by Crippen LogP contribution is 2.36. The molecule has 0 bridgehead atoms. The zero-order chi connectivity index (χ0) is 13.5. The Labute approximate surface area is 117 Å². The highest BCUT2D eigenvalue weighted by Gasteiger charge is 2.16. The largest absolute Gasteiger partial charge is 0.233 e. The van der Waals surface area contributed by atoms with Crippen LogP contribution in [0, 0.1) is 6.92 Å². The van der Waals surface area contributed by atoms with Crippen molar-refractivity contribution in [2.24, 2.45) is 0 Å². The summed E-state index contributed by atoms with van der Waals surface area (Å²) < 4.78 is 2.03. The van der Waals surface area contributed by atoms with Crippen LogP contribution in [0.3, 0.4) is 0 Å². The maximum atomic E-state index is 4.71. The summed E-state index contributed by atoms with van der Waals surface area (Å²) in [5.41, 5.74) is 5.88. The van der Waals surface area contributed by atoms with E-state index in [-0.39, 0.29) is 0 Å². The Balaban J connectivity index is 2.11. The lowest BCUT2D eigenvalue weighted by molar-refractivity contribution is 0.889. The quantitative estimate of drug-likeness (QED) is 0.493. The maximum absolute atomic E-state index is 4.71. The molecule has 96 valence electrons. The molecule has 1 aromatic carbocycles. The summed E-state index contributed by atoms with van der Waals surface area (Å²) in [6.07, 6.45) is 0. The topological polar surface area (TPSA) is 17.8 Å². The van der Waals surface area contributed by atoms with Gasteiger partial charge in [-0.2, -0.15) is 5.10 Å². The Morgan fingerprint density at radius 3 is 2.35 bits per heavy atom. The molecule has 0 fully saturated rings. The summed E-state index contributed by atoms with van der Waals surface area (Å²) in [6, 6.07) is 23.1. The molecule has 0 saturated heterocycles. The fourth-order valence-corrected chi connectivity index (χ4v) is 2.84. The summed E-state index contributed by atoms with van der Waals surface area (Å²) in [5.74, 6) is 0. The molecule has 0 saturated carbocycles. The zero-order valence-corrected chi connectivity index (χ0v) is 11.2. The third kappa shape index (κ3) is 1.55. The molecule has 4 rings (SSSR count). The van der Waals surface area contributed by atoms with Crippen molar-refractivity contribution in [2.45, 2.75) is 6.92 Å². The minimum absolute atomic E-state index is 1.07. The van der Waals surface area contributed by atoms with Crippen molar-refractivity contribution in [3.05, 3.63) is 72.4 Å². The highest BCUT2D eigenvalue weighted by atomic mass is 15.3. The molecule has 0 atom stereocenters. The normalized spacial score (nSPS) is 11.2. The molecule has 0 aliphatic heterocycles. The summed E-state index contributed by atoms with van der Waals surface area (Å²) in [4.78, 5) is 0. The van der Waals surface area contributed by atoms with Crippen LogP contribution in [0.15, 0.2) is 66.7 Å². The number of benzene rings is 1. The van der Waals surface area contributed by atoms with Crippen LogP contribution in [0.25, 0.3) is 27.7 Å². The third-order valence-electron chi connectivity index (χ3n) is 3.73. The molecule has 0 spiro atoms. The van der Waals surface area contributed by atoms with Crippen molar-refractivity contribution in [3.8, 4) is 16.8 Å². The zero-order valence-electron chi connectivity index (χ0n) is 11.2. The number of aryl methyl sites for hydroxylation is 1. The summed E-state index contributed by atoms with van der Waals surface area (Å²) >= 11 is 0. The molecule has 1 heterocycles. The van der Waals surface area contributed by atoms with E-state index in [0.717, 1.165) is 11.4 Å². The van der Waals surface area contributed by atoms with Gasteiger partial charge in [-0.3, -0.25) is 0 Å². The average molecular weight is 258 g/mol. The number of para-hydroxylation sites is 1. The molecule has 2 aromatic rings. The summed E-state index contributed by atoms with van der Waals surface area (Å²) in [5, 5.41) is 5.96. The van der Waals surface area contributed by atoms with Crippen LogP contribution in [0.2, 0.25) is 0 Å². The molecular weight excluding hydrogens is 244 g/mol. The van der Waals surface area contributed by atoms with Crippen molar-refractivity contribution in [3.63, 3.8) is 0 Å². The fourth-order valence-electron chi connectivity index (χ4n) is 2.84. The van der Waals surface area contributed by atoms with Gasteiger partial charge in [0.1, 0.15) is 0 Å². The molecule has 1 aromatic heterocycles. The SMILES string of the molecule is Cc1nn(-c2ccccc2)c2cc3cccccc-3c12. The molecule has 2 aliphatic rings. The number of hydrogen-bond donors (Lipinski definition) is 0. The van der Waals surface area contributed by atoms with Gasteiger partial charge >= 0.3 is 0 Å². The van der Waals surface area contributed by atoms with Crippen molar-refractivity contribution >= 4 is 10.9 Å². The predicted octanol–water partition coefficient (Wildman–Crippen LogP) is 4.44. The Hall–Kier alpha value is -2.61. The van der Waals surface area contributed by atoms with E-state index in [1.54, 1.807) is 0 Å². The van der Waals surface area contributed by atoms with Gasteiger partial charge in [0.2, 0.25) is 0 Å². The standard InChI is InChI=1S/C18H14N2/c1-13-18-16-11-7-2-4-8-14(16)12-17(18)20(19-13)15-9-5-3-6-10-15/h2-12H,1H3. The van der Waals surface area contributed by atoms with Gasteiger partial charge < -0.3 is 0 Å². The number of rotatable bonds is 1. The van der Waals surface area contributed by atoms with Crippen molar-refractivity contribution in [2.75, 3.05) is 0 Å². The first-order valence-electron chi connectivity index (χ1n) is 6.77. The van der Waals surface area contributed by atoms with Gasteiger partial charge in [-0.15, -0.1) is 0 Å². The second-order valence-electron chi connectivity index (χ2n) is 5.02. The van der Waals surface area contributed by atoms with Gasteiger partial charge in [0.25, 0.3) is 0 Å². The number of aromatic nitrogens is 2. The van der Waals surface area contributed by atoms with E-state index in [9.17, 15) is 0 Å². The highest BCUT2D eigenvalue weighted by molar-refractivity contribution is 6.02. The second-order valence-corrected chi connectivity index (χ2v) is 5.02. The van der Waals surface area contributed by atoms with Gasteiger partial charge in [0, 0.05) is 5.39 Å². The number of hydrogen-bond acceptors (Lipinski definition) is 1. The Morgan fingerprint density at radius 2 is 1.55 bits per heavy atom. The maximum Gasteiger partial charge on any atom is 0.0756 e. The molecule has 0 radical (unpaired) electrons. The second kappa shape index (κ2) is 4.20. The lowest BCUT2D eigenvalue weighted by atomic mass is 10.1. The van der Waals surface area contributed by atoms with Gasteiger partial charge in [0.15, 0.2) is 0 Å². The van der Waals surface area contributed by atoms with Gasteiger partial charge in [-0.25, -0.2) is 4.68 Å². The molecule has 0 amide bonds. The van der Waals surface area contributed by atoms with E-state index in [2.05, 4.69) is 55.5 Å². The smallest absolute Gasteiger partial charge is 0.0756 e. The fraction of sp³-hybridized carbons (Fsp3) is 0.0556. The third-order valence-corrected chi connectivity index (χ3v) is 3.73. The molecule has 2 heteroatoms. The first kappa shape index (κ1) is 11.2. The summed E-state index contributed by atoms with van der Waals surface area (Å²) in [7, 11) is 0. The van der Waals surface area contributed by atoms with Crippen LogP contribution in [0.4, 0.5) is 0 Å². The van der Waals surface area contributed by atoms with Gasteiger partial charge in [0.05, 0.1) is 16.9 Å². The number of fused-ring (bicyclic) bond motifs is 3. The van der Waals surface area contributed by atoms with Crippen LogP contribution < -0.4 is 0 Å². The van der Waals surface area contributed by atoms with Crippen LogP contribution >= 0.6 is 0 Å². The van der Waals surface area contributed by atoms with E-state index in [1.165, 1.54) is 22.0 Å². The van der Waals surface area contributed by atoms with E-state index in [4.69, 9.17) is 5.10 Å². The van der Waals surface area contributed by atoms with E-state index < -0.39 is 0 Å². The molecule has 20 heavy (non-hydrogen) atoms. The Bertz CT molecular complexity index is 859. The Morgan fingerprint density at radius 1 is 0.850 bits per heavy atom. The lowest BCUT2D eigenvalue weighted by Gasteiger charge is -2.01. The van der Waals surface area contributed by atoms with Gasteiger partial charge in [-0.1, -0.05) is 48.5 Å². The van der Waals surface area contributed by atoms with Crippen LogP contribution in [0.5, 0.6) is 0 Å². The molecular formula is C18H14N2. The molecule has 0 N–H and O–H groups in total. The first-order valence-corrected chi connectivity index (χ1v) is 6.77. The minimum Gasteiger partial charge on any atom is -0.233 e. The monoisotopic (exact) mass is 258 g/mol. The molecule has 2 nitrogen and oxygen atoms in total. The lowest BCUT2D eigenvalue weighted by Crippen LogP contribution is -1.95. The molecule has 2 aliphatic carbocycles. The van der Waals surface area contributed by atoms with Crippen molar-refractivity contribution in [1.29, 1.82) is 0 Å². The minimum atomic E-state index is 1.07. The van der Waals surface area contributed by atoms with Crippen molar-refractivity contribution < 1.29 is 0 Å². The van der Waals surface area contributed by atoms with Crippen LogP contribution in [-0.2, 0) is 0 Å². The van der Waals surface area contributed by atoms with Crippen LogP contribution in [-0.4, -0.2) is 9.78 Å². The van der Waals surface area contributed by atoms with Crippen molar-refractivity contribution in [1.82, 2.24) is 9.78 Å². The average Bonchev–Trinajstić information content (AvgIpc) is 2.89. The van der Waals surface area contributed by atoms with Gasteiger partial charge in [-0.05, 0) is 36.2 Å². The molecule has 0 unspecified atom stereocenters. The van der Waals surface area contributed by atoms with E-state index in [0.29, 0.717) is 0 Å². The predicted molar refractivity (Wildman–Crippen MR) is 82.4 cm³/mol. The first-order chi connectivity index (χ1) is 9.84. The summed E-state index contributed by atoms with van der Waals surface area (Å²) in [6.45, 7) is 2.08. The van der Waals surface area contributed by atoms with Crippen LogP contribution in [0.1, 0.15) is 5.69 Å². The number of nitrogens with zero attached hydrogens (tertiary/aromatic N) is 2.